The Bertz CT molecular complexity index is 395. The average molecular weight is 221 g/mol. The average Bonchev–Trinajstić information content (AvgIpc) is 2.17. The number of nitrogens with zero attached hydrogens (tertiary/aromatic N) is 1. The van der Waals surface area contributed by atoms with E-state index in [9.17, 15) is 9.59 Å². The number of benzene rings is 1. The van der Waals surface area contributed by atoms with Gasteiger partial charge in [-0.05, 0) is 38.1 Å². The van der Waals surface area contributed by atoms with Crippen molar-refractivity contribution >= 4 is 17.6 Å². The Hall–Kier alpha value is -1.84. The van der Waals surface area contributed by atoms with Crippen molar-refractivity contribution in [2.75, 3.05) is 4.90 Å². The van der Waals surface area contributed by atoms with Crippen LogP contribution in [0.5, 0.6) is 0 Å². The maximum atomic E-state index is 11.4. The first kappa shape index (κ1) is 12.2. The van der Waals surface area contributed by atoms with Crippen LogP contribution in [-0.4, -0.2) is 23.0 Å². The van der Waals surface area contributed by atoms with Crippen LogP contribution in [0.4, 0.5) is 5.69 Å². The summed E-state index contributed by atoms with van der Waals surface area (Å²) in [6.07, 6.45) is 0. The van der Waals surface area contributed by atoms with Gasteiger partial charge in [-0.25, -0.2) is 4.79 Å². The van der Waals surface area contributed by atoms with E-state index in [1.54, 1.807) is 17.0 Å². The number of anilines is 1. The zero-order valence-electron chi connectivity index (χ0n) is 9.60. The fraction of sp³-hybridized carbons (Fsp3) is 0.333. The third-order valence-corrected chi connectivity index (χ3v) is 2.25. The highest BCUT2D eigenvalue weighted by atomic mass is 16.4. The molecule has 0 aromatic heterocycles. The quantitative estimate of drug-likeness (QED) is 0.850. The molecular weight excluding hydrogens is 206 g/mol. The van der Waals surface area contributed by atoms with Crippen LogP contribution in [0.2, 0.25) is 0 Å². The number of carboxylic acid groups (broad SMARTS) is 1. The zero-order valence-corrected chi connectivity index (χ0v) is 9.60. The number of carboxylic acids is 1. The molecule has 0 aliphatic carbocycles. The van der Waals surface area contributed by atoms with Gasteiger partial charge in [0.25, 0.3) is 0 Å². The molecule has 0 heterocycles. The van der Waals surface area contributed by atoms with Crippen LogP contribution in [-0.2, 0) is 4.79 Å². The molecule has 86 valence electrons. The summed E-state index contributed by atoms with van der Waals surface area (Å²) in [7, 11) is 0. The Morgan fingerprint density at radius 1 is 1.19 bits per heavy atom. The van der Waals surface area contributed by atoms with Crippen molar-refractivity contribution in [3.63, 3.8) is 0 Å². The van der Waals surface area contributed by atoms with Crippen LogP contribution in [0, 0.1) is 0 Å². The minimum atomic E-state index is -0.967. The molecule has 1 rings (SSSR count). The Balaban J connectivity index is 3.03. The number of hydrogen-bond acceptors (Lipinski definition) is 2. The van der Waals surface area contributed by atoms with Gasteiger partial charge in [0.05, 0.1) is 5.56 Å². The smallest absolute Gasteiger partial charge is 0.335 e. The van der Waals surface area contributed by atoms with Gasteiger partial charge in [-0.2, -0.15) is 0 Å². The Morgan fingerprint density at radius 3 is 2.00 bits per heavy atom. The molecule has 4 nitrogen and oxygen atoms in total. The first-order chi connectivity index (χ1) is 7.43. The predicted molar refractivity (Wildman–Crippen MR) is 61.7 cm³/mol. The highest BCUT2D eigenvalue weighted by molar-refractivity contribution is 5.93. The second-order valence-corrected chi connectivity index (χ2v) is 3.83. The van der Waals surface area contributed by atoms with Crippen LogP contribution in [0.3, 0.4) is 0 Å². The van der Waals surface area contributed by atoms with Gasteiger partial charge in [0.1, 0.15) is 0 Å². The maximum absolute atomic E-state index is 11.4. The maximum Gasteiger partial charge on any atom is 0.335 e. The van der Waals surface area contributed by atoms with Crippen molar-refractivity contribution in [3.05, 3.63) is 29.8 Å². The van der Waals surface area contributed by atoms with Crippen molar-refractivity contribution < 1.29 is 14.7 Å². The fourth-order valence-electron chi connectivity index (χ4n) is 1.61. The van der Waals surface area contributed by atoms with Crippen LogP contribution in [0.1, 0.15) is 31.1 Å². The molecule has 0 saturated carbocycles. The standard InChI is InChI=1S/C12H15NO3/c1-8(2)13(9(3)14)11-6-4-10(5-7-11)12(15)16/h4-8H,1-3H3,(H,15,16). The van der Waals surface area contributed by atoms with E-state index in [0.717, 1.165) is 0 Å². The number of aromatic carboxylic acids is 1. The van der Waals surface area contributed by atoms with Crippen LogP contribution in [0.15, 0.2) is 24.3 Å². The molecule has 0 bridgehead atoms. The topological polar surface area (TPSA) is 57.6 Å². The van der Waals surface area contributed by atoms with Gasteiger partial charge >= 0.3 is 5.97 Å². The van der Waals surface area contributed by atoms with E-state index in [-0.39, 0.29) is 17.5 Å². The van der Waals surface area contributed by atoms with Gasteiger partial charge in [0.15, 0.2) is 0 Å². The minimum Gasteiger partial charge on any atom is -0.478 e. The van der Waals surface area contributed by atoms with Crippen molar-refractivity contribution in [2.45, 2.75) is 26.8 Å². The number of carbonyl (C=O) groups excluding carboxylic acids is 1. The van der Waals surface area contributed by atoms with Crippen molar-refractivity contribution in [2.24, 2.45) is 0 Å². The summed E-state index contributed by atoms with van der Waals surface area (Å²) in [5, 5.41) is 8.75. The predicted octanol–water partition coefficient (Wildman–Crippen LogP) is 2.15. The van der Waals surface area contributed by atoms with Crippen molar-refractivity contribution in [1.29, 1.82) is 0 Å². The molecule has 0 atom stereocenters. The van der Waals surface area contributed by atoms with Crippen LogP contribution < -0.4 is 4.90 Å². The first-order valence-corrected chi connectivity index (χ1v) is 5.06. The molecule has 1 aromatic carbocycles. The van der Waals surface area contributed by atoms with E-state index >= 15 is 0 Å². The van der Waals surface area contributed by atoms with E-state index in [1.165, 1.54) is 19.1 Å². The molecule has 0 spiro atoms. The summed E-state index contributed by atoms with van der Waals surface area (Å²) in [5.41, 5.74) is 0.934. The molecule has 0 fully saturated rings. The van der Waals surface area contributed by atoms with Gasteiger partial charge in [0, 0.05) is 18.7 Å². The normalized spacial score (nSPS) is 10.2. The van der Waals surface area contributed by atoms with E-state index in [1.807, 2.05) is 13.8 Å². The summed E-state index contributed by atoms with van der Waals surface area (Å²) < 4.78 is 0. The second-order valence-electron chi connectivity index (χ2n) is 3.83. The number of rotatable bonds is 3. The molecule has 0 aliphatic heterocycles. The van der Waals surface area contributed by atoms with E-state index in [0.29, 0.717) is 5.69 Å². The summed E-state index contributed by atoms with van der Waals surface area (Å²) in [4.78, 5) is 23.7. The van der Waals surface area contributed by atoms with E-state index < -0.39 is 5.97 Å². The third kappa shape index (κ3) is 2.59. The highest BCUT2D eigenvalue weighted by Crippen LogP contribution is 2.18. The SMILES string of the molecule is CC(=O)N(c1ccc(C(=O)O)cc1)C(C)C. The molecule has 0 unspecified atom stereocenters. The fourth-order valence-corrected chi connectivity index (χ4v) is 1.61. The Morgan fingerprint density at radius 2 is 1.69 bits per heavy atom. The third-order valence-electron chi connectivity index (χ3n) is 2.25. The van der Waals surface area contributed by atoms with E-state index in [2.05, 4.69) is 0 Å². The van der Waals surface area contributed by atoms with E-state index in [4.69, 9.17) is 5.11 Å². The first-order valence-electron chi connectivity index (χ1n) is 5.06. The van der Waals surface area contributed by atoms with Gasteiger partial charge in [0.2, 0.25) is 5.91 Å². The number of amides is 1. The highest BCUT2D eigenvalue weighted by Gasteiger charge is 2.15. The molecule has 1 aromatic rings. The van der Waals surface area contributed by atoms with Crippen LogP contribution >= 0.6 is 0 Å². The number of hydrogen-bond donors (Lipinski definition) is 1. The molecule has 4 heteroatoms. The van der Waals surface area contributed by atoms with Crippen molar-refractivity contribution in [3.8, 4) is 0 Å². The van der Waals surface area contributed by atoms with Crippen LogP contribution in [0.25, 0.3) is 0 Å². The largest absolute Gasteiger partial charge is 0.478 e. The molecule has 0 saturated heterocycles. The zero-order chi connectivity index (χ0) is 12.3. The summed E-state index contributed by atoms with van der Waals surface area (Å²) in [6, 6.07) is 6.33. The monoisotopic (exact) mass is 221 g/mol. The lowest BCUT2D eigenvalue weighted by molar-refractivity contribution is -0.116. The summed E-state index contributed by atoms with van der Waals surface area (Å²) in [6.45, 7) is 5.31. The molecule has 0 radical (unpaired) electrons. The molecule has 1 amide bonds. The summed E-state index contributed by atoms with van der Waals surface area (Å²) in [5.74, 6) is -1.02. The molecule has 0 aliphatic rings. The molecule has 16 heavy (non-hydrogen) atoms. The van der Waals surface area contributed by atoms with Crippen molar-refractivity contribution in [1.82, 2.24) is 0 Å². The lowest BCUT2D eigenvalue weighted by atomic mass is 10.1. The summed E-state index contributed by atoms with van der Waals surface area (Å²) >= 11 is 0. The lowest BCUT2D eigenvalue weighted by Crippen LogP contribution is -2.35. The van der Waals surface area contributed by atoms with Gasteiger partial charge in [-0.15, -0.1) is 0 Å². The van der Waals surface area contributed by atoms with Gasteiger partial charge < -0.3 is 10.0 Å². The Labute approximate surface area is 94.5 Å². The van der Waals surface area contributed by atoms with Gasteiger partial charge in [-0.1, -0.05) is 0 Å². The second kappa shape index (κ2) is 4.79. The lowest BCUT2D eigenvalue weighted by Gasteiger charge is -2.25. The minimum absolute atomic E-state index is 0.0492. The molecule has 1 N–H and O–H groups in total. The molecular formula is C12H15NO3. The van der Waals surface area contributed by atoms with Gasteiger partial charge in [-0.3, -0.25) is 4.79 Å². The number of carbonyl (C=O) groups is 2. The Kier molecular flexibility index (Phi) is 3.66.